The van der Waals surface area contributed by atoms with Crippen LogP contribution in [0.25, 0.3) is 0 Å². The zero-order chi connectivity index (χ0) is 11.4. The van der Waals surface area contributed by atoms with Crippen molar-refractivity contribution in [2.75, 3.05) is 13.2 Å². The summed E-state index contributed by atoms with van der Waals surface area (Å²) in [7, 11) is 0. The van der Waals surface area contributed by atoms with Gasteiger partial charge in [-0.25, -0.2) is 0 Å². The Hall–Kier alpha value is -0.940. The molecular formula is C11H19N3O2. The molecule has 1 unspecified atom stereocenters. The van der Waals surface area contributed by atoms with Crippen molar-refractivity contribution in [3.05, 3.63) is 11.7 Å². The molecule has 5 heteroatoms. The fourth-order valence-corrected chi connectivity index (χ4v) is 1.97. The Morgan fingerprint density at radius 3 is 3.06 bits per heavy atom. The van der Waals surface area contributed by atoms with Crippen LogP contribution in [0.1, 0.15) is 44.8 Å². The summed E-state index contributed by atoms with van der Waals surface area (Å²) in [4.78, 5) is 4.38. The summed E-state index contributed by atoms with van der Waals surface area (Å²) in [6, 6.07) is 0. The number of ether oxygens (including phenoxy) is 1. The fourth-order valence-electron chi connectivity index (χ4n) is 1.97. The third kappa shape index (κ3) is 2.41. The molecule has 5 nitrogen and oxygen atoms in total. The van der Waals surface area contributed by atoms with Crippen molar-refractivity contribution < 1.29 is 9.26 Å². The van der Waals surface area contributed by atoms with Gasteiger partial charge in [-0.2, -0.15) is 4.98 Å². The highest BCUT2D eigenvalue weighted by Gasteiger charge is 2.33. The Kier molecular flexibility index (Phi) is 3.56. The number of aromatic nitrogens is 2. The highest BCUT2D eigenvalue weighted by atomic mass is 16.5. The Morgan fingerprint density at radius 2 is 2.38 bits per heavy atom. The third-order valence-electron chi connectivity index (χ3n) is 2.99. The van der Waals surface area contributed by atoms with Crippen molar-refractivity contribution in [3.8, 4) is 0 Å². The summed E-state index contributed by atoms with van der Waals surface area (Å²) in [6.45, 7) is 6.17. The van der Waals surface area contributed by atoms with Gasteiger partial charge in [-0.1, -0.05) is 5.16 Å². The van der Waals surface area contributed by atoms with Crippen LogP contribution in [0.4, 0.5) is 0 Å². The minimum Gasteiger partial charge on any atom is -0.374 e. The van der Waals surface area contributed by atoms with Gasteiger partial charge in [0.15, 0.2) is 5.82 Å². The number of rotatable bonds is 4. The van der Waals surface area contributed by atoms with Crippen molar-refractivity contribution in [2.24, 2.45) is 0 Å². The maximum Gasteiger partial charge on any atom is 0.246 e. The highest BCUT2D eigenvalue weighted by molar-refractivity contribution is 5.02. The Balaban J connectivity index is 2.05. The number of piperidine rings is 1. The summed E-state index contributed by atoms with van der Waals surface area (Å²) < 4.78 is 10.5. The maximum absolute atomic E-state index is 5.30. The molecule has 2 rings (SSSR count). The molecule has 1 saturated heterocycles. The molecule has 0 radical (unpaired) electrons. The first kappa shape index (κ1) is 11.5. The van der Waals surface area contributed by atoms with E-state index in [-0.39, 0.29) is 5.54 Å². The van der Waals surface area contributed by atoms with Gasteiger partial charge < -0.3 is 14.6 Å². The standard InChI is InChI=1S/C11H19N3O2/c1-3-15-8-9-13-10(16-14-9)11(2)6-4-5-7-12-11/h12H,3-8H2,1-2H3. The first-order valence-electron chi connectivity index (χ1n) is 5.90. The quantitative estimate of drug-likeness (QED) is 0.843. The second-order valence-corrected chi connectivity index (χ2v) is 4.37. The zero-order valence-electron chi connectivity index (χ0n) is 9.95. The average molecular weight is 225 g/mol. The van der Waals surface area contributed by atoms with Crippen LogP contribution in [-0.2, 0) is 16.9 Å². The lowest BCUT2D eigenvalue weighted by Gasteiger charge is -2.31. The molecule has 1 atom stereocenters. The molecule has 0 amide bonds. The summed E-state index contributed by atoms with van der Waals surface area (Å²) in [6.07, 6.45) is 3.46. The van der Waals surface area contributed by atoms with Crippen LogP contribution in [0.2, 0.25) is 0 Å². The van der Waals surface area contributed by atoms with E-state index >= 15 is 0 Å². The van der Waals surface area contributed by atoms with Crippen molar-refractivity contribution in [1.82, 2.24) is 15.5 Å². The Bertz CT molecular complexity index is 332. The van der Waals surface area contributed by atoms with E-state index in [0.717, 1.165) is 13.0 Å². The normalized spacial score (nSPS) is 25.9. The molecule has 1 aliphatic heterocycles. The minimum absolute atomic E-state index is 0.157. The molecule has 0 saturated carbocycles. The predicted molar refractivity (Wildman–Crippen MR) is 58.8 cm³/mol. The van der Waals surface area contributed by atoms with Gasteiger partial charge in [-0.05, 0) is 39.7 Å². The van der Waals surface area contributed by atoms with Gasteiger partial charge in [0.05, 0.1) is 5.54 Å². The molecule has 0 aromatic carbocycles. The van der Waals surface area contributed by atoms with Crippen LogP contribution in [0.5, 0.6) is 0 Å². The highest BCUT2D eigenvalue weighted by Crippen LogP contribution is 2.28. The first-order valence-corrected chi connectivity index (χ1v) is 5.90. The van der Waals surface area contributed by atoms with E-state index in [1.54, 1.807) is 0 Å². The smallest absolute Gasteiger partial charge is 0.246 e. The molecule has 0 aliphatic carbocycles. The van der Waals surface area contributed by atoms with Crippen LogP contribution in [-0.4, -0.2) is 23.3 Å². The average Bonchev–Trinajstić information content (AvgIpc) is 2.77. The molecule has 1 fully saturated rings. The van der Waals surface area contributed by atoms with Crippen molar-refractivity contribution in [3.63, 3.8) is 0 Å². The molecule has 1 aromatic heterocycles. The number of nitrogens with zero attached hydrogens (tertiary/aromatic N) is 2. The molecule has 1 aromatic rings. The van der Waals surface area contributed by atoms with E-state index in [4.69, 9.17) is 9.26 Å². The summed E-state index contributed by atoms with van der Waals surface area (Å²) >= 11 is 0. The molecule has 2 heterocycles. The zero-order valence-corrected chi connectivity index (χ0v) is 9.95. The molecule has 0 spiro atoms. The van der Waals surface area contributed by atoms with Gasteiger partial charge in [-0.15, -0.1) is 0 Å². The monoisotopic (exact) mass is 225 g/mol. The predicted octanol–water partition coefficient (Wildman–Crippen LogP) is 1.59. The van der Waals surface area contributed by atoms with Gasteiger partial charge in [0.1, 0.15) is 6.61 Å². The van der Waals surface area contributed by atoms with Crippen molar-refractivity contribution in [1.29, 1.82) is 0 Å². The van der Waals surface area contributed by atoms with E-state index in [1.165, 1.54) is 12.8 Å². The lowest BCUT2D eigenvalue weighted by molar-refractivity contribution is 0.126. The SMILES string of the molecule is CCOCc1noc(C2(C)CCCCN2)n1. The summed E-state index contributed by atoms with van der Waals surface area (Å²) in [5.74, 6) is 1.31. The van der Waals surface area contributed by atoms with Gasteiger partial charge >= 0.3 is 0 Å². The number of hydrogen-bond donors (Lipinski definition) is 1. The minimum atomic E-state index is -0.157. The Labute approximate surface area is 95.6 Å². The topological polar surface area (TPSA) is 60.2 Å². The summed E-state index contributed by atoms with van der Waals surface area (Å²) in [5.41, 5.74) is -0.157. The molecule has 0 bridgehead atoms. The van der Waals surface area contributed by atoms with Crippen LogP contribution in [0, 0.1) is 0 Å². The van der Waals surface area contributed by atoms with E-state index < -0.39 is 0 Å². The molecule has 1 aliphatic rings. The second kappa shape index (κ2) is 4.93. The molecule has 16 heavy (non-hydrogen) atoms. The van der Waals surface area contributed by atoms with Gasteiger partial charge in [0.25, 0.3) is 0 Å². The van der Waals surface area contributed by atoms with Gasteiger partial charge in [0.2, 0.25) is 5.89 Å². The molecule has 1 N–H and O–H groups in total. The largest absolute Gasteiger partial charge is 0.374 e. The van der Waals surface area contributed by atoms with Crippen LogP contribution < -0.4 is 5.32 Å². The first-order chi connectivity index (χ1) is 7.74. The molecular weight excluding hydrogens is 206 g/mol. The van der Waals surface area contributed by atoms with Crippen LogP contribution in [0.15, 0.2) is 4.52 Å². The van der Waals surface area contributed by atoms with Crippen LogP contribution in [0.3, 0.4) is 0 Å². The summed E-state index contributed by atoms with van der Waals surface area (Å²) in [5, 5.41) is 7.37. The van der Waals surface area contributed by atoms with E-state index in [2.05, 4.69) is 22.4 Å². The number of nitrogens with one attached hydrogen (secondary N) is 1. The third-order valence-corrected chi connectivity index (χ3v) is 2.99. The number of hydrogen-bond acceptors (Lipinski definition) is 5. The van der Waals surface area contributed by atoms with Crippen molar-refractivity contribution >= 4 is 0 Å². The maximum atomic E-state index is 5.30. The van der Waals surface area contributed by atoms with E-state index in [9.17, 15) is 0 Å². The van der Waals surface area contributed by atoms with E-state index in [1.807, 2.05) is 6.92 Å². The van der Waals surface area contributed by atoms with Gasteiger partial charge in [0, 0.05) is 6.61 Å². The van der Waals surface area contributed by atoms with Crippen LogP contribution >= 0.6 is 0 Å². The van der Waals surface area contributed by atoms with E-state index in [0.29, 0.717) is 24.9 Å². The second-order valence-electron chi connectivity index (χ2n) is 4.37. The lowest BCUT2D eigenvalue weighted by atomic mass is 9.91. The molecule has 90 valence electrons. The Morgan fingerprint density at radius 1 is 1.50 bits per heavy atom. The van der Waals surface area contributed by atoms with Crippen molar-refractivity contribution in [2.45, 2.75) is 45.3 Å². The fraction of sp³-hybridized carbons (Fsp3) is 0.818. The lowest BCUT2D eigenvalue weighted by Crippen LogP contribution is -2.43. The van der Waals surface area contributed by atoms with Gasteiger partial charge in [-0.3, -0.25) is 0 Å².